The maximum atomic E-state index is 12.8. The molecule has 0 aliphatic carbocycles. The van der Waals surface area contributed by atoms with Crippen LogP contribution in [0.5, 0.6) is 11.5 Å². The summed E-state index contributed by atoms with van der Waals surface area (Å²) in [4.78, 5) is 14.4. The molecule has 1 amide bonds. The van der Waals surface area contributed by atoms with Crippen molar-refractivity contribution in [1.29, 1.82) is 0 Å². The highest BCUT2D eigenvalue weighted by molar-refractivity contribution is 8.19. The maximum Gasteiger partial charge on any atom is 0.284 e. The maximum absolute atomic E-state index is 12.8. The molecule has 1 saturated heterocycles. The molecule has 9 heteroatoms. The number of ether oxygens (including phenoxy) is 1. The Morgan fingerprint density at radius 1 is 1.24 bits per heavy atom. The van der Waals surface area contributed by atoms with Crippen molar-refractivity contribution in [3.63, 3.8) is 0 Å². The number of phenols is 1. The van der Waals surface area contributed by atoms with Gasteiger partial charge in [-0.3, -0.25) is 9.69 Å². The normalized spacial score (nSPS) is 17.1. The van der Waals surface area contributed by atoms with Gasteiger partial charge in [0.25, 0.3) is 15.9 Å². The van der Waals surface area contributed by atoms with Gasteiger partial charge in [-0.05, 0) is 47.7 Å². The standard InChI is InChI=1S/C20H18N2O5S2/c1-3-11-22-19(24)18(13-14-9-10-16(23)17(12-14)27-2)28-20(22)21-29(25,26)15-7-5-4-6-8-15/h3-10,12-13,23H,1,11H2,2H3/b18-13-,21-20+. The van der Waals surface area contributed by atoms with Gasteiger partial charge in [0.2, 0.25) is 0 Å². The second-order valence-electron chi connectivity index (χ2n) is 5.91. The fourth-order valence-corrected chi connectivity index (χ4v) is 4.76. The van der Waals surface area contributed by atoms with E-state index in [-0.39, 0.29) is 34.0 Å². The Bertz CT molecular complexity index is 1110. The number of benzene rings is 2. The third-order valence-electron chi connectivity index (χ3n) is 3.94. The summed E-state index contributed by atoms with van der Waals surface area (Å²) in [6, 6.07) is 12.4. The summed E-state index contributed by atoms with van der Waals surface area (Å²) in [6.45, 7) is 3.73. The van der Waals surface area contributed by atoms with Crippen LogP contribution in [0.3, 0.4) is 0 Å². The van der Waals surface area contributed by atoms with Crippen molar-refractivity contribution in [3.05, 3.63) is 71.7 Å². The minimum Gasteiger partial charge on any atom is -0.504 e. The van der Waals surface area contributed by atoms with Gasteiger partial charge in [-0.2, -0.15) is 8.42 Å². The zero-order valence-corrected chi connectivity index (χ0v) is 17.1. The first kappa shape index (κ1) is 20.7. The highest BCUT2D eigenvalue weighted by Gasteiger charge is 2.34. The van der Waals surface area contributed by atoms with Crippen molar-refractivity contribution in [2.75, 3.05) is 13.7 Å². The molecule has 0 bridgehead atoms. The van der Waals surface area contributed by atoms with Gasteiger partial charge in [-0.15, -0.1) is 11.0 Å². The quantitative estimate of drug-likeness (QED) is 0.558. The van der Waals surface area contributed by atoms with Gasteiger partial charge in [0.05, 0.1) is 16.9 Å². The lowest BCUT2D eigenvalue weighted by molar-refractivity contribution is -0.121. The molecule has 1 aliphatic rings. The van der Waals surface area contributed by atoms with Gasteiger partial charge in [0.1, 0.15) is 0 Å². The van der Waals surface area contributed by atoms with Crippen LogP contribution in [0, 0.1) is 0 Å². The fourth-order valence-electron chi connectivity index (χ4n) is 2.55. The first-order chi connectivity index (χ1) is 13.9. The highest BCUT2D eigenvalue weighted by atomic mass is 32.2. The third kappa shape index (κ3) is 4.52. The molecule has 2 aromatic carbocycles. The highest BCUT2D eigenvalue weighted by Crippen LogP contribution is 2.35. The first-order valence-electron chi connectivity index (χ1n) is 8.45. The van der Waals surface area contributed by atoms with Crippen LogP contribution in [0.4, 0.5) is 0 Å². The molecular formula is C20H18N2O5S2. The summed E-state index contributed by atoms with van der Waals surface area (Å²) in [5.41, 5.74) is 0.612. The van der Waals surface area contributed by atoms with E-state index in [1.54, 1.807) is 36.4 Å². The Morgan fingerprint density at radius 3 is 2.62 bits per heavy atom. The number of thioether (sulfide) groups is 1. The van der Waals surface area contributed by atoms with E-state index in [1.165, 1.54) is 36.3 Å². The smallest absolute Gasteiger partial charge is 0.284 e. The summed E-state index contributed by atoms with van der Waals surface area (Å²) in [5.74, 6) is -0.146. The topological polar surface area (TPSA) is 96.3 Å². The van der Waals surface area contributed by atoms with E-state index in [2.05, 4.69) is 11.0 Å². The minimum atomic E-state index is -3.97. The van der Waals surface area contributed by atoms with Gasteiger partial charge in [-0.1, -0.05) is 30.3 Å². The van der Waals surface area contributed by atoms with Crippen molar-refractivity contribution in [3.8, 4) is 11.5 Å². The third-order valence-corrected chi connectivity index (χ3v) is 6.34. The average Bonchev–Trinajstić information content (AvgIpc) is 2.98. The summed E-state index contributed by atoms with van der Waals surface area (Å²) >= 11 is 0.958. The van der Waals surface area contributed by atoms with Gasteiger partial charge in [-0.25, -0.2) is 0 Å². The predicted molar refractivity (Wildman–Crippen MR) is 113 cm³/mol. The monoisotopic (exact) mass is 430 g/mol. The molecule has 3 rings (SSSR count). The number of hydrogen-bond donors (Lipinski definition) is 1. The van der Waals surface area contributed by atoms with E-state index in [0.717, 1.165) is 11.8 Å². The molecule has 1 fully saturated rings. The fraction of sp³-hybridized carbons (Fsp3) is 0.100. The molecule has 2 aromatic rings. The van der Waals surface area contributed by atoms with Crippen LogP contribution in [0.25, 0.3) is 6.08 Å². The molecule has 29 heavy (non-hydrogen) atoms. The van der Waals surface area contributed by atoms with Gasteiger partial charge in [0, 0.05) is 6.54 Å². The van der Waals surface area contributed by atoms with Crippen molar-refractivity contribution in [2.24, 2.45) is 4.40 Å². The number of amides is 1. The molecule has 1 aliphatic heterocycles. The Labute approximate surface area is 173 Å². The molecule has 0 spiro atoms. The largest absolute Gasteiger partial charge is 0.504 e. The number of carbonyl (C=O) groups is 1. The minimum absolute atomic E-state index is 0.0236. The molecule has 1 N–H and O–H groups in total. The van der Waals surface area contributed by atoms with Crippen molar-refractivity contribution >= 4 is 38.9 Å². The number of sulfonamides is 1. The molecule has 150 valence electrons. The lowest BCUT2D eigenvalue weighted by Gasteiger charge is -2.12. The number of rotatable bonds is 6. The molecule has 0 atom stereocenters. The number of amidine groups is 1. The lowest BCUT2D eigenvalue weighted by Crippen LogP contribution is -2.29. The zero-order valence-electron chi connectivity index (χ0n) is 15.5. The van der Waals surface area contributed by atoms with E-state index in [9.17, 15) is 18.3 Å². The van der Waals surface area contributed by atoms with Crippen molar-refractivity contribution < 1.29 is 23.1 Å². The molecule has 0 aromatic heterocycles. The Hall–Kier alpha value is -3.04. The van der Waals surface area contributed by atoms with E-state index in [1.807, 2.05) is 0 Å². The van der Waals surface area contributed by atoms with Crippen LogP contribution < -0.4 is 4.74 Å². The van der Waals surface area contributed by atoms with Crippen LogP contribution in [0.15, 0.2) is 75.4 Å². The number of nitrogens with zero attached hydrogens (tertiary/aromatic N) is 2. The van der Waals surface area contributed by atoms with Gasteiger partial charge in [0.15, 0.2) is 16.7 Å². The van der Waals surface area contributed by atoms with E-state index in [0.29, 0.717) is 10.5 Å². The number of aromatic hydroxyl groups is 1. The van der Waals surface area contributed by atoms with Crippen LogP contribution in [-0.4, -0.2) is 43.2 Å². The number of carbonyl (C=O) groups excluding carboxylic acids is 1. The molecule has 0 saturated carbocycles. The summed E-state index contributed by atoms with van der Waals surface area (Å²) in [5, 5.41) is 9.77. The van der Waals surface area contributed by atoms with Crippen molar-refractivity contribution in [2.45, 2.75) is 4.90 Å². The summed E-state index contributed by atoms with van der Waals surface area (Å²) in [6.07, 6.45) is 3.08. The van der Waals surface area contributed by atoms with Crippen LogP contribution >= 0.6 is 11.8 Å². The second-order valence-corrected chi connectivity index (χ2v) is 8.52. The molecule has 1 heterocycles. The van der Waals surface area contributed by atoms with Crippen LogP contribution in [0.2, 0.25) is 0 Å². The van der Waals surface area contributed by atoms with Crippen LogP contribution in [0.1, 0.15) is 5.56 Å². The van der Waals surface area contributed by atoms with Crippen LogP contribution in [-0.2, 0) is 14.8 Å². The Kier molecular flexibility index (Phi) is 6.09. The van der Waals surface area contributed by atoms with E-state index >= 15 is 0 Å². The lowest BCUT2D eigenvalue weighted by atomic mass is 10.2. The SMILES string of the molecule is C=CCN1C(=O)/C(=C/c2ccc(O)c(OC)c2)S/C1=N/S(=O)(=O)c1ccccc1. The molecule has 0 radical (unpaired) electrons. The second kappa shape index (κ2) is 8.54. The zero-order chi connectivity index (χ0) is 21.0. The number of methoxy groups -OCH3 is 1. The Morgan fingerprint density at radius 2 is 1.97 bits per heavy atom. The average molecular weight is 431 g/mol. The predicted octanol–water partition coefficient (Wildman–Crippen LogP) is 3.25. The summed E-state index contributed by atoms with van der Waals surface area (Å²) < 4.78 is 34.2. The van der Waals surface area contributed by atoms with E-state index < -0.39 is 10.0 Å². The summed E-state index contributed by atoms with van der Waals surface area (Å²) in [7, 11) is -2.55. The van der Waals surface area contributed by atoms with E-state index in [4.69, 9.17) is 4.74 Å². The first-order valence-corrected chi connectivity index (χ1v) is 10.7. The molecule has 7 nitrogen and oxygen atoms in total. The molecule has 0 unspecified atom stereocenters. The number of hydrogen-bond acceptors (Lipinski definition) is 6. The van der Waals surface area contributed by atoms with Gasteiger partial charge >= 0.3 is 0 Å². The Balaban J connectivity index is 2.00. The molecular weight excluding hydrogens is 412 g/mol. The van der Waals surface area contributed by atoms with Gasteiger partial charge < -0.3 is 9.84 Å². The van der Waals surface area contributed by atoms with Crippen molar-refractivity contribution in [1.82, 2.24) is 4.90 Å². The number of phenolic OH excluding ortho intramolecular Hbond substituents is 1.